The molecule has 4 heteroatoms. The second kappa shape index (κ2) is 7.01. The smallest absolute Gasteiger partial charge is 0.143 e. The monoisotopic (exact) mass is 285 g/mol. The van der Waals surface area contributed by atoms with Crippen LogP contribution in [0.15, 0.2) is 48.7 Å². The second-order valence-corrected chi connectivity index (χ2v) is 5.02. The van der Waals surface area contributed by atoms with Crippen LogP contribution < -0.4 is 10.6 Å². The van der Waals surface area contributed by atoms with Crippen molar-refractivity contribution in [2.24, 2.45) is 5.73 Å². The maximum atomic E-state index is 5.82. The van der Waals surface area contributed by atoms with Crippen LogP contribution in [0.3, 0.4) is 0 Å². The number of thiocarbonyl (C=S) groups is 1. The number of anilines is 2. The molecule has 0 saturated carbocycles. The minimum absolute atomic E-state index is 0.380. The Hall–Kier alpha value is -1.94. The first kappa shape index (κ1) is 14.5. The molecule has 0 fully saturated rings. The van der Waals surface area contributed by atoms with Crippen LogP contribution in [0.1, 0.15) is 25.3 Å². The summed E-state index contributed by atoms with van der Waals surface area (Å²) in [4.78, 5) is 7.05. The van der Waals surface area contributed by atoms with Crippen molar-refractivity contribution in [3.8, 4) is 0 Å². The van der Waals surface area contributed by atoms with Gasteiger partial charge >= 0.3 is 0 Å². The van der Waals surface area contributed by atoms with E-state index in [1.54, 1.807) is 6.20 Å². The lowest BCUT2D eigenvalue weighted by Crippen LogP contribution is -2.23. The fourth-order valence-electron chi connectivity index (χ4n) is 2.09. The van der Waals surface area contributed by atoms with Gasteiger partial charge < -0.3 is 10.6 Å². The Morgan fingerprint density at radius 1 is 1.20 bits per heavy atom. The van der Waals surface area contributed by atoms with Gasteiger partial charge in [-0.25, -0.2) is 4.98 Å². The average molecular weight is 285 g/mol. The molecule has 1 aromatic heterocycles. The fraction of sp³-hybridized carbons (Fsp3) is 0.250. The van der Waals surface area contributed by atoms with Crippen molar-refractivity contribution in [1.29, 1.82) is 0 Å². The molecule has 0 aliphatic heterocycles. The van der Waals surface area contributed by atoms with Gasteiger partial charge in [-0.3, -0.25) is 0 Å². The van der Waals surface area contributed by atoms with Gasteiger partial charge in [0.1, 0.15) is 10.8 Å². The summed E-state index contributed by atoms with van der Waals surface area (Å²) in [5.41, 5.74) is 7.75. The lowest BCUT2D eigenvalue weighted by molar-refractivity contribution is 0.779. The summed E-state index contributed by atoms with van der Waals surface area (Å²) < 4.78 is 0. The van der Waals surface area contributed by atoms with Crippen LogP contribution in [-0.4, -0.2) is 16.5 Å². The fourth-order valence-corrected chi connectivity index (χ4v) is 2.25. The predicted molar refractivity (Wildman–Crippen MR) is 88.5 cm³/mol. The summed E-state index contributed by atoms with van der Waals surface area (Å²) in [5.74, 6) is 0.833. The van der Waals surface area contributed by atoms with Crippen LogP contribution >= 0.6 is 12.2 Å². The summed E-state index contributed by atoms with van der Waals surface area (Å²) in [6.45, 7) is 3.07. The van der Waals surface area contributed by atoms with E-state index in [2.05, 4.69) is 28.9 Å². The molecule has 3 nitrogen and oxygen atoms in total. The number of nitrogens with two attached hydrogens (primary N) is 1. The lowest BCUT2D eigenvalue weighted by Gasteiger charge is -2.25. The zero-order valence-electron chi connectivity index (χ0n) is 11.6. The van der Waals surface area contributed by atoms with Crippen molar-refractivity contribution in [2.45, 2.75) is 19.8 Å². The van der Waals surface area contributed by atoms with Crippen LogP contribution in [0.4, 0.5) is 11.5 Å². The summed E-state index contributed by atoms with van der Waals surface area (Å²) in [5, 5.41) is 0. The van der Waals surface area contributed by atoms with Gasteiger partial charge in [0, 0.05) is 18.4 Å². The Morgan fingerprint density at radius 2 is 1.95 bits per heavy atom. The standard InChI is InChI=1S/C16H19N3S/c1-2-3-12-19(13-8-5-4-6-9-13)16-14(15(17)20)10-7-11-18-16/h4-11H,2-3,12H2,1H3,(H2,17,20). The Labute approximate surface area is 125 Å². The predicted octanol–water partition coefficient (Wildman–Crippen LogP) is 3.65. The zero-order valence-corrected chi connectivity index (χ0v) is 12.4. The largest absolute Gasteiger partial charge is 0.389 e. The van der Waals surface area contributed by atoms with E-state index >= 15 is 0 Å². The van der Waals surface area contributed by atoms with Crippen LogP contribution in [0.5, 0.6) is 0 Å². The minimum Gasteiger partial charge on any atom is -0.389 e. The van der Waals surface area contributed by atoms with Crippen molar-refractivity contribution < 1.29 is 0 Å². The number of hydrogen-bond donors (Lipinski definition) is 1. The topological polar surface area (TPSA) is 42.2 Å². The third-order valence-electron chi connectivity index (χ3n) is 3.11. The van der Waals surface area contributed by atoms with Crippen molar-refractivity contribution >= 4 is 28.7 Å². The highest BCUT2D eigenvalue weighted by atomic mass is 32.1. The molecule has 0 aliphatic carbocycles. The maximum Gasteiger partial charge on any atom is 0.143 e. The highest BCUT2D eigenvalue weighted by Gasteiger charge is 2.15. The van der Waals surface area contributed by atoms with Crippen LogP contribution in [-0.2, 0) is 0 Å². The van der Waals surface area contributed by atoms with E-state index in [1.165, 1.54) is 0 Å². The molecule has 0 amide bonds. The first-order valence-corrected chi connectivity index (χ1v) is 7.22. The number of unbranched alkanes of at least 4 members (excludes halogenated alkanes) is 1. The molecule has 2 rings (SSSR count). The van der Waals surface area contributed by atoms with Gasteiger partial charge in [-0.15, -0.1) is 0 Å². The van der Waals surface area contributed by atoms with Crippen LogP contribution in [0.25, 0.3) is 0 Å². The van der Waals surface area contributed by atoms with Crippen molar-refractivity contribution in [1.82, 2.24) is 4.98 Å². The Kier molecular flexibility index (Phi) is 5.07. The molecule has 0 atom stereocenters. The number of benzene rings is 1. The second-order valence-electron chi connectivity index (χ2n) is 4.58. The molecular weight excluding hydrogens is 266 g/mol. The summed E-state index contributed by atoms with van der Waals surface area (Å²) in [6.07, 6.45) is 3.99. The Bertz CT molecular complexity index is 569. The number of pyridine rings is 1. The van der Waals surface area contributed by atoms with E-state index in [0.717, 1.165) is 36.5 Å². The average Bonchev–Trinajstić information content (AvgIpc) is 2.49. The molecule has 0 saturated heterocycles. The molecule has 0 radical (unpaired) electrons. The van der Waals surface area contributed by atoms with Gasteiger partial charge in [-0.1, -0.05) is 43.8 Å². The van der Waals surface area contributed by atoms with E-state index < -0.39 is 0 Å². The normalized spacial score (nSPS) is 10.2. The molecule has 1 heterocycles. The van der Waals surface area contributed by atoms with Gasteiger partial charge in [-0.2, -0.15) is 0 Å². The number of hydrogen-bond acceptors (Lipinski definition) is 3. The van der Waals surface area contributed by atoms with Gasteiger partial charge in [0.05, 0.1) is 5.56 Å². The highest BCUT2D eigenvalue weighted by Crippen LogP contribution is 2.26. The Balaban J connectivity index is 2.44. The number of nitrogens with zero attached hydrogens (tertiary/aromatic N) is 2. The van der Waals surface area contributed by atoms with Crippen molar-refractivity contribution in [3.05, 3.63) is 54.2 Å². The minimum atomic E-state index is 0.380. The van der Waals surface area contributed by atoms with E-state index in [-0.39, 0.29) is 0 Å². The molecule has 104 valence electrons. The molecule has 20 heavy (non-hydrogen) atoms. The summed E-state index contributed by atoms with van der Waals surface area (Å²) in [7, 11) is 0. The van der Waals surface area contributed by atoms with E-state index in [4.69, 9.17) is 18.0 Å². The molecule has 2 aromatic rings. The molecule has 0 unspecified atom stereocenters. The van der Waals surface area contributed by atoms with Crippen LogP contribution in [0, 0.1) is 0 Å². The van der Waals surface area contributed by atoms with Gasteiger partial charge in [-0.05, 0) is 30.7 Å². The summed E-state index contributed by atoms with van der Waals surface area (Å²) in [6, 6.07) is 14.0. The van der Waals surface area contributed by atoms with Gasteiger partial charge in [0.2, 0.25) is 0 Å². The lowest BCUT2D eigenvalue weighted by atomic mass is 10.2. The molecule has 2 N–H and O–H groups in total. The number of aromatic nitrogens is 1. The van der Waals surface area contributed by atoms with Gasteiger partial charge in [0.25, 0.3) is 0 Å². The van der Waals surface area contributed by atoms with E-state index in [1.807, 2.05) is 30.3 Å². The SMILES string of the molecule is CCCCN(c1ccccc1)c1ncccc1C(N)=S. The number of para-hydroxylation sites is 1. The van der Waals surface area contributed by atoms with Crippen LogP contribution in [0.2, 0.25) is 0 Å². The highest BCUT2D eigenvalue weighted by molar-refractivity contribution is 7.80. The Morgan fingerprint density at radius 3 is 2.60 bits per heavy atom. The van der Waals surface area contributed by atoms with Crippen molar-refractivity contribution in [2.75, 3.05) is 11.4 Å². The van der Waals surface area contributed by atoms with E-state index in [9.17, 15) is 0 Å². The molecule has 0 aliphatic rings. The third kappa shape index (κ3) is 3.33. The molecule has 0 bridgehead atoms. The zero-order chi connectivity index (χ0) is 14.4. The van der Waals surface area contributed by atoms with E-state index in [0.29, 0.717) is 4.99 Å². The third-order valence-corrected chi connectivity index (χ3v) is 3.33. The molecular formula is C16H19N3S. The number of rotatable bonds is 6. The first-order chi connectivity index (χ1) is 9.74. The molecule has 1 aromatic carbocycles. The first-order valence-electron chi connectivity index (χ1n) is 6.81. The molecule has 0 spiro atoms. The van der Waals surface area contributed by atoms with Gasteiger partial charge in [0.15, 0.2) is 0 Å². The van der Waals surface area contributed by atoms with Crippen molar-refractivity contribution in [3.63, 3.8) is 0 Å². The summed E-state index contributed by atoms with van der Waals surface area (Å²) >= 11 is 5.14. The quantitative estimate of drug-likeness (QED) is 0.823. The maximum absolute atomic E-state index is 5.82.